The van der Waals surface area contributed by atoms with Gasteiger partial charge >= 0.3 is 0 Å². The Hall–Kier alpha value is -2.01. The van der Waals surface area contributed by atoms with E-state index in [4.69, 9.17) is 0 Å². The van der Waals surface area contributed by atoms with Crippen LogP contribution in [0.3, 0.4) is 0 Å². The summed E-state index contributed by atoms with van der Waals surface area (Å²) in [5, 5.41) is 18.0. The normalized spacial score (nSPS) is 27.5. The summed E-state index contributed by atoms with van der Waals surface area (Å²) in [6.07, 6.45) is 0.308. The van der Waals surface area contributed by atoms with E-state index in [1.807, 2.05) is 6.92 Å². The average Bonchev–Trinajstić information content (AvgIpc) is 2.76. The van der Waals surface area contributed by atoms with Gasteiger partial charge in [-0.1, -0.05) is 12.1 Å². The predicted molar refractivity (Wildman–Crippen MR) is 80.1 cm³/mol. The van der Waals surface area contributed by atoms with Crippen LogP contribution >= 0.6 is 0 Å². The minimum atomic E-state index is -1.21. The molecule has 1 heterocycles. The Labute approximate surface area is 128 Å². The van der Waals surface area contributed by atoms with Crippen LogP contribution in [0.1, 0.15) is 42.3 Å². The Kier molecular flexibility index (Phi) is 3.40. The average molecular weight is 302 g/mol. The van der Waals surface area contributed by atoms with Crippen LogP contribution in [-0.2, 0) is 11.2 Å². The highest BCUT2D eigenvalue weighted by atomic mass is 19.1. The van der Waals surface area contributed by atoms with Crippen LogP contribution in [0.4, 0.5) is 4.39 Å². The fraction of sp³-hybridized carbons (Fsp3) is 0.412. The van der Waals surface area contributed by atoms with Gasteiger partial charge in [0.05, 0.1) is 17.2 Å². The summed E-state index contributed by atoms with van der Waals surface area (Å²) in [5.41, 5.74) is 1.97. The minimum absolute atomic E-state index is 0.106. The number of H-pyrrole nitrogens is 1. The smallest absolute Gasteiger partial charge is 0.136 e. The third-order valence-corrected chi connectivity index (χ3v) is 4.56. The van der Waals surface area contributed by atoms with Gasteiger partial charge in [0, 0.05) is 23.6 Å². The van der Waals surface area contributed by atoms with Gasteiger partial charge < -0.3 is 5.11 Å². The standard InChI is InChI=1S/C17H19FN2O2/c1-9-14-13(20-19-9)8-17(3,22)16(10(2)21)15(14)11-5-4-6-12(18)7-11/h4-7,15-16,22H,8H2,1-3H3,(H,19,20)/t15-,16+,17+/m0/s1. The molecule has 2 aromatic rings. The van der Waals surface area contributed by atoms with E-state index in [2.05, 4.69) is 10.2 Å². The van der Waals surface area contributed by atoms with Crippen LogP contribution < -0.4 is 0 Å². The molecule has 0 amide bonds. The number of hydrogen-bond donors (Lipinski definition) is 2. The molecule has 0 spiro atoms. The summed E-state index contributed by atoms with van der Waals surface area (Å²) in [5.74, 6) is -1.48. The molecule has 1 aromatic heterocycles. The van der Waals surface area contributed by atoms with Crippen LogP contribution in [0.2, 0.25) is 0 Å². The number of aliphatic hydroxyl groups is 1. The zero-order valence-electron chi connectivity index (χ0n) is 12.9. The van der Waals surface area contributed by atoms with Crippen LogP contribution in [0.25, 0.3) is 0 Å². The first kappa shape index (κ1) is 14.9. The van der Waals surface area contributed by atoms with Crippen molar-refractivity contribution in [3.63, 3.8) is 0 Å². The van der Waals surface area contributed by atoms with Crippen molar-refractivity contribution in [1.29, 1.82) is 0 Å². The number of halogens is 1. The molecule has 0 radical (unpaired) electrons. The zero-order chi connectivity index (χ0) is 16.1. The Morgan fingerprint density at radius 1 is 1.50 bits per heavy atom. The summed E-state index contributed by atoms with van der Waals surface area (Å²) in [6, 6.07) is 6.22. The molecule has 1 aromatic carbocycles. The van der Waals surface area contributed by atoms with Gasteiger partial charge in [0.25, 0.3) is 0 Å². The second kappa shape index (κ2) is 5.02. The van der Waals surface area contributed by atoms with Crippen molar-refractivity contribution < 1.29 is 14.3 Å². The van der Waals surface area contributed by atoms with Gasteiger partial charge in [-0.25, -0.2) is 4.39 Å². The van der Waals surface area contributed by atoms with Crippen molar-refractivity contribution in [2.75, 3.05) is 0 Å². The van der Waals surface area contributed by atoms with Crippen molar-refractivity contribution in [1.82, 2.24) is 10.2 Å². The molecule has 0 saturated carbocycles. The highest BCUT2D eigenvalue weighted by Crippen LogP contribution is 2.46. The van der Waals surface area contributed by atoms with E-state index in [-0.39, 0.29) is 11.6 Å². The first-order valence-electron chi connectivity index (χ1n) is 7.33. The molecule has 1 aliphatic carbocycles. The molecule has 0 saturated heterocycles. The van der Waals surface area contributed by atoms with E-state index in [9.17, 15) is 14.3 Å². The Balaban J connectivity index is 2.25. The first-order chi connectivity index (χ1) is 10.3. The summed E-state index contributed by atoms with van der Waals surface area (Å²) in [6.45, 7) is 5.01. The number of Topliss-reactive ketones (excluding diaryl/α,β-unsaturated/α-hetero) is 1. The number of ketones is 1. The number of aromatic amines is 1. The van der Waals surface area contributed by atoms with Crippen LogP contribution in [-0.4, -0.2) is 26.7 Å². The van der Waals surface area contributed by atoms with Gasteiger partial charge in [0.2, 0.25) is 0 Å². The number of aryl methyl sites for hydroxylation is 1. The highest BCUT2D eigenvalue weighted by molar-refractivity contribution is 5.82. The van der Waals surface area contributed by atoms with E-state index in [0.29, 0.717) is 12.0 Å². The largest absolute Gasteiger partial charge is 0.389 e. The third kappa shape index (κ3) is 2.25. The fourth-order valence-corrected chi connectivity index (χ4v) is 3.74. The predicted octanol–water partition coefficient (Wildman–Crippen LogP) is 2.50. The second-order valence-electron chi connectivity index (χ2n) is 6.36. The van der Waals surface area contributed by atoms with Crippen LogP contribution in [0.5, 0.6) is 0 Å². The van der Waals surface area contributed by atoms with E-state index in [1.165, 1.54) is 19.1 Å². The van der Waals surface area contributed by atoms with Gasteiger partial charge in [-0.15, -0.1) is 0 Å². The molecule has 0 aliphatic heterocycles. The van der Waals surface area contributed by atoms with Gasteiger partial charge in [0.1, 0.15) is 11.6 Å². The number of rotatable bonds is 2. The number of carbonyl (C=O) groups is 1. The van der Waals surface area contributed by atoms with Crippen LogP contribution in [0, 0.1) is 18.7 Å². The number of nitrogens with zero attached hydrogens (tertiary/aromatic N) is 1. The maximum absolute atomic E-state index is 13.7. The molecule has 0 fully saturated rings. The van der Waals surface area contributed by atoms with Crippen molar-refractivity contribution >= 4 is 5.78 Å². The number of nitrogens with one attached hydrogen (secondary N) is 1. The third-order valence-electron chi connectivity index (χ3n) is 4.56. The maximum Gasteiger partial charge on any atom is 0.136 e. The maximum atomic E-state index is 13.7. The number of benzene rings is 1. The van der Waals surface area contributed by atoms with E-state index >= 15 is 0 Å². The summed E-state index contributed by atoms with van der Waals surface area (Å²) in [7, 11) is 0. The second-order valence-corrected chi connectivity index (χ2v) is 6.36. The number of fused-ring (bicyclic) bond motifs is 1. The number of hydrogen-bond acceptors (Lipinski definition) is 3. The van der Waals surface area contributed by atoms with Gasteiger partial charge in [-0.3, -0.25) is 9.89 Å². The topological polar surface area (TPSA) is 66.0 Å². The Morgan fingerprint density at radius 2 is 2.23 bits per heavy atom. The van der Waals surface area contributed by atoms with Gasteiger partial charge in [0.15, 0.2) is 0 Å². The molecule has 5 heteroatoms. The molecule has 4 nitrogen and oxygen atoms in total. The lowest BCUT2D eigenvalue weighted by Crippen LogP contribution is -2.48. The van der Waals surface area contributed by atoms with Gasteiger partial charge in [-0.05, 0) is 38.5 Å². The van der Waals surface area contributed by atoms with Crippen molar-refractivity contribution in [2.24, 2.45) is 5.92 Å². The van der Waals surface area contributed by atoms with Crippen LogP contribution in [0.15, 0.2) is 24.3 Å². The lowest BCUT2D eigenvalue weighted by molar-refractivity contribution is -0.130. The zero-order valence-corrected chi connectivity index (χ0v) is 12.9. The number of aromatic nitrogens is 2. The molecule has 3 rings (SSSR count). The quantitative estimate of drug-likeness (QED) is 0.896. The SMILES string of the molecule is CC(=O)[C@@H]1[C@@H](c2cccc(F)c2)c2c(n[nH]c2C)C[C@@]1(C)O. The summed E-state index contributed by atoms with van der Waals surface area (Å²) < 4.78 is 13.7. The van der Waals surface area contributed by atoms with Crippen molar-refractivity contribution in [2.45, 2.75) is 38.7 Å². The van der Waals surface area contributed by atoms with Crippen molar-refractivity contribution in [3.8, 4) is 0 Å². The summed E-state index contributed by atoms with van der Waals surface area (Å²) in [4.78, 5) is 12.2. The molecular weight excluding hydrogens is 283 g/mol. The minimum Gasteiger partial charge on any atom is -0.389 e. The van der Waals surface area contributed by atoms with Crippen molar-refractivity contribution in [3.05, 3.63) is 52.6 Å². The molecular formula is C17H19FN2O2. The number of carbonyl (C=O) groups excluding carboxylic acids is 1. The van der Waals surface area contributed by atoms with E-state index < -0.39 is 17.4 Å². The lowest BCUT2D eigenvalue weighted by atomic mass is 9.64. The first-order valence-corrected chi connectivity index (χ1v) is 7.33. The molecule has 116 valence electrons. The fourth-order valence-electron chi connectivity index (χ4n) is 3.74. The monoisotopic (exact) mass is 302 g/mol. The molecule has 0 bridgehead atoms. The highest BCUT2D eigenvalue weighted by Gasteiger charge is 2.48. The molecule has 0 unspecified atom stereocenters. The molecule has 2 N–H and O–H groups in total. The van der Waals surface area contributed by atoms with Gasteiger partial charge in [-0.2, -0.15) is 5.10 Å². The Bertz CT molecular complexity index is 736. The molecule has 22 heavy (non-hydrogen) atoms. The van der Waals surface area contributed by atoms with E-state index in [0.717, 1.165) is 17.0 Å². The van der Waals surface area contributed by atoms with E-state index in [1.54, 1.807) is 19.1 Å². The summed E-state index contributed by atoms with van der Waals surface area (Å²) >= 11 is 0. The lowest BCUT2D eigenvalue weighted by Gasteiger charge is -2.41. The Morgan fingerprint density at radius 3 is 2.86 bits per heavy atom. The molecule has 3 atom stereocenters. The molecule has 1 aliphatic rings.